The quantitative estimate of drug-likeness (QED) is 0.677. The van der Waals surface area contributed by atoms with Gasteiger partial charge in [0.2, 0.25) is 0 Å². The second-order valence-electron chi connectivity index (χ2n) is 6.52. The zero-order valence-electron chi connectivity index (χ0n) is 16.0. The van der Waals surface area contributed by atoms with Gasteiger partial charge in [-0.3, -0.25) is 4.79 Å². The fraction of sp³-hybridized carbons (Fsp3) is 0.182. The number of amides is 1. The molecule has 1 aliphatic heterocycles. The Morgan fingerprint density at radius 3 is 2.55 bits per heavy atom. The van der Waals surface area contributed by atoms with Crippen molar-refractivity contribution in [3.8, 4) is 17.2 Å². The summed E-state index contributed by atoms with van der Waals surface area (Å²) in [5, 5.41) is 18.7. The van der Waals surface area contributed by atoms with Gasteiger partial charge in [0.1, 0.15) is 5.75 Å². The van der Waals surface area contributed by atoms with Crippen LogP contribution in [0.25, 0.3) is 0 Å². The van der Waals surface area contributed by atoms with Gasteiger partial charge in [-0.15, -0.1) is 11.3 Å². The number of nitrogens with zero attached hydrogens (tertiary/aromatic N) is 2. The highest BCUT2D eigenvalue weighted by atomic mass is 32.1. The topological polar surface area (TPSA) is 71.4 Å². The fourth-order valence-corrected chi connectivity index (χ4v) is 4.09. The molecule has 1 aliphatic rings. The molecule has 0 saturated heterocycles. The van der Waals surface area contributed by atoms with Gasteiger partial charge in [0.05, 0.1) is 30.9 Å². The molecule has 2 aromatic carbocycles. The normalized spacial score (nSPS) is 15.9. The van der Waals surface area contributed by atoms with Crippen LogP contribution in [-0.2, 0) is 0 Å². The first kappa shape index (κ1) is 19.0. The Labute approximate surface area is 172 Å². The number of carbonyl (C=O) groups excluding carboxylic acids is 1. The zero-order valence-corrected chi connectivity index (χ0v) is 16.8. The summed E-state index contributed by atoms with van der Waals surface area (Å²) in [6, 6.07) is 15.7. The van der Waals surface area contributed by atoms with E-state index >= 15 is 0 Å². The number of ether oxygens (including phenoxy) is 2. The van der Waals surface area contributed by atoms with Gasteiger partial charge in [0.15, 0.2) is 11.5 Å². The molecule has 6 nitrogen and oxygen atoms in total. The van der Waals surface area contributed by atoms with Crippen LogP contribution < -0.4 is 9.47 Å². The minimum Gasteiger partial charge on any atom is -0.504 e. The smallest absolute Gasteiger partial charge is 0.274 e. The Balaban J connectivity index is 1.74. The molecule has 3 aromatic rings. The molecule has 0 spiro atoms. The van der Waals surface area contributed by atoms with E-state index in [0.717, 1.165) is 10.6 Å². The lowest BCUT2D eigenvalue weighted by molar-refractivity contribution is 0.0709. The summed E-state index contributed by atoms with van der Waals surface area (Å²) < 4.78 is 10.4. The van der Waals surface area contributed by atoms with Gasteiger partial charge in [0, 0.05) is 17.5 Å². The minimum absolute atomic E-state index is 0.0233. The van der Waals surface area contributed by atoms with E-state index in [9.17, 15) is 9.90 Å². The first-order valence-corrected chi connectivity index (χ1v) is 9.95. The van der Waals surface area contributed by atoms with Crippen LogP contribution >= 0.6 is 11.3 Å². The van der Waals surface area contributed by atoms with Crippen molar-refractivity contribution < 1.29 is 19.4 Å². The average Bonchev–Trinajstić information content (AvgIpc) is 3.43. The summed E-state index contributed by atoms with van der Waals surface area (Å²) >= 11 is 1.57. The molecule has 0 fully saturated rings. The maximum absolute atomic E-state index is 13.3. The van der Waals surface area contributed by atoms with Gasteiger partial charge in [-0.2, -0.15) is 5.10 Å². The first-order valence-electron chi connectivity index (χ1n) is 9.07. The van der Waals surface area contributed by atoms with Crippen molar-refractivity contribution in [2.24, 2.45) is 5.10 Å². The maximum Gasteiger partial charge on any atom is 0.274 e. The molecule has 7 heteroatoms. The van der Waals surface area contributed by atoms with Crippen LogP contribution in [0.1, 0.15) is 33.3 Å². The summed E-state index contributed by atoms with van der Waals surface area (Å²) in [6.45, 7) is 0. The molecule has 0 radical (unpaired) electrons. The fourth-order valence-electron chi connectivity index (χ4n) is 3.37. The van der Waals surface area contributed by atoms with Crippen LogP contribution in [0.15, 0.2) is 65.1 Å². The number of benzene rings is 2. The summed E-state index contributed by atoms with van der Waals surface area (Å²) in [7, 11) is 3.08. The van der Waals surface area contributed by atoms with Crippen molar-refractivity contribution in [3.05, 3.63) is 76.0 Å². The molecule has 1 aromatic heterocycles. The zero-order chi connectivity index (χ0) is 20.4. The lowest BCUT2D eigenvalue weighted by Crippen LogP contribution is -2.27. The van der Waals surface area contributed by atoms with Gasteiger partial charge in [-0.1, -0.05) is 18.2 Å². The highest BCUT2D eigenvalue weighted by molar-refractivity contribution is 7.12. The average molecular weight is 408 g/mol. The van der Waals surface area contributed by atoms with E-state index < -0.39 is 6.04 Å². The highest BCUT2D eigenvalue weighted by Crippen LogP contribution is 2.42. The first-order chi connectivity index (χ1) is 14.1. The van der Waals surface area contributed by atoms with Crippen LogP contribution in [-0.4, -0.2) is 36.0 Å². The highest BCUT2D eigenvalue weighted by Gasteiger charge is 2.36. The SMILES string of the molecule is COc1ccc(C(=O)N2N=C(c3cccs3)C[C@H]2c2cccc(OC)c2O)cc1. The molecule has 0 saturated carbocycles. The predicted molar refractivity (Wildman–Crippen MR) is 112 cm³/mol. The number of hydrogen-bond donors (Lipinski definition) is 1. The third-order valence-corrected chi connectivity index (χ3v) is 5.79. The van der Waals surface area contributed by atoms with Gasteiger partial charge in [0.25, 0.3) is 5.91 Å². The Morgan fingerprint density at radius 1 is 1.10 bits per heavy atom. The molecule has 29 heavy (non-hydrogen) atoms. The molecule has 0 unspecified atom stereocenters. The van der Waals surface area contributed by atoms with Crippen molar-refractivity contribution in [1.29, 1.82) is 0 Å². The van der Waals surface area contributed by atoms with Crippen LogP contribution in [0.3, 0.4) is 0 Å². The number of para-hydroxylation sites is 1. The second-order valence-corrected chi connectivity index (χ2v) is 7.47. The van der Waals surface area contributed by atoms with Crippen LogP contribution in [0.4, 0.5) is 0 Å². The van der Waals surface area contributed by atoms with Crippen LogP contribution in [0, 0.1) is 0 Å². The summed E-state index contributed by atoms with van der Waals surface area (Å²) in [4.78, 5) is 14.3. The lowest BCUT2D eigenvalue weighted by atomic mass is 9.99. The molecule has 0 bridgehead atoms. The molecular formula is C22H20N2O4S. The number of hydrogen-bond acceptors (Lipinski definition) is 6. The Kier molecular flexibility index (Phi) is 5.22. The van der Waals surface area contributed by atoms with E-state index in [-0.39, 0.29) is 11.7 Å². The molecule has 1 amide bonds. The molecule has 1 atom stereocenters. The van der Waals surface area contributed by atoms with E-state index in [1.165, 1.54) is 12.1 Å². The van der Waals surface area contributed by atoms with Crippen LogP contribution in [0.2, 0.25) is 0 Å². The van der Waals surface area contributed by atoms with Crippen molar-refractivity contribution >= 4 is 23.0 Å². The second kappa shape index (κ2) is 7.97. The number of carbonyl (C=O) groups is 1. The largest absolute Gasteiger partial charge is 0.504 e. The van der Waals surface area contributed by atoms with Crippen LogP contribution in [0.5, 0.6) is 17.2 Å². The predicted octanol–water partition coefficient (Wildman–Crippen LogP) is 4.46. The van der Waals surface area contributed by atoms with Crippen molar-refractivity contribution in [3.63, 3.8) is 0 Å². The standard InChI is InChI=1S/C22H20N2O4S/c1-27-15-10-8-14(9-11-15)22(26)24-18(13-17(23-24)20-7-4-12-29-20)16-5-3-6-19(28-2)21(16)25/h3-12,18,25H,13H2,1-2H3/t18-/m0/s1. The van der Waals surface area contributed by atoms with Crippen molar-refractivity contribution in [2.45, 2.75) is 12.5 Å². The maximum atomic E-state index is 13.3. The number of thiophene rings is 1. The van der Waals surface area contributed by atoms with Crippen molar-refractivity contribution in [2.75, 3.05) is 14.2 Å². The lowest BCUT2D eigenvalue weighted by Gasteiger charge is -2.23. The van der Waals surface area contributed by atoms with E-state index in [2.05, 4.69) is 5.10 Å². The number of phenolic OH excluding ortho intramolecular Hbond substituents is 1. The third kappa shape index (κ3) is 3.56. The van der Waals surface area contributed by atoms with Gasteiger partial charge in [-0.25, -0.2) is 5.01 Å². The molecular weight excluding hydrogens is 388 g/mol. The Morgan fingerprint density at radius 2 is 1.90 bits per heavy atom. The Bertz CT molecular complexity index is 1050. The van der Waals surface area contributed by atoms with Gasteiger partial charge in [-0.05, 0) is 41.8 Å². The number of rotatable bonds is 5. The third-order valence-electron chi connectivity index (χ3n) is 4.87. The van der Waals surface area contributed by atoms with E-state index in [0.29, 0.717) is 29.0 Å². The molecule has 148 valence electrons. The minimum atomic E-state index is -0.434. The number of hydrazone groups is 1. The molecule has 2 heterocycles. The number of aromatic hydroxyl groups is 1. The van der Waals surface area contributed by atoms with Crippen molar-refractivity contribution in [1.82, 2.24) is 5.01 Å². The molecule has 4 rings (SSSR count). The van der Waals surface area contributed by atoms with E-state index in [4.69, 9.17) is 9.47 Å². The number of phenols is 1. The molecule has 0 aliphatic carbocycles. The van der Waals surface area contributed by atoms with E-state index in [1.54, 1.807) is 60.9 Å². The molecule has 1 N–H and O–H groups in total. The Hall–Kier alpha value is -3.32. The van der Waals surface area contributed by atoms with E-state index in [1.807, 2.05) is 17.5 Å². The summed E-state index contributed by atoms with van der Waals surface area (Å²) in [5.41, 5.74) is 1.91. The monoisotopic (exact) mass is 408 g/mol. The van der Waals surface area contributed by atoms with Gasteiger partial charge >= 0.3 is 0 Å². The summed E-state index contributed by atoms with van der Waals surface area (Å²) in [6.07, 6.45) is 0.503. The van der Waals surface area contributed by atoms with Gasteiger partial charge < -0.3 is 14.6 Å². The summed E-state index contributed by atoms with van der Waals surface area (Å²) in [5.74, 6) is 0.818. The number of methoxy groups -OCH3 is 2.